The molecule has 0 atom stereocenters. The van der Waals surface area contributed by atoms with Gasteiger partial charge in [-0.25, -0.2) is 8.42 Å². The van der Waals surface area contributed by atoms with Gasteiger partial charge < -0.3 is 10.1 Å². The van der Waals surface area contributed by atoms with Crippen LogP contribution in [-0.4, -0.2) is 26.7 Å². The van der Waals surface area contributed by atoms with Crippen molar-refractivity contribution in [2.24, 2.45) is 0 Å². The average molecular weight is 364 g/mol. The molecule has 0 fully saturated rings. The normalized spacial score (nSPS) is 16.4. The Morgan fingerprint density at radius 3 is 2.42 bits per heavy atom. The lowest BCUT2D eigenvalue weighted by Gasteiger charge is -2.21. The molecule has 0 aliphatic carbocycles. The number of nitrogens with one attached hydrogen (secondary N) is 1. The van der Waals surface area contributed by atoms with Gasteiger partial charge in [0.25, 0.3) is 5.91 Å². The molecule has 7 heteroatoms. The molecule has 2 aromatic carbocycles. The predicted molar refractivity (Wildman–Crippen MR) is 93.2 cm³/mol. The lowest BCUT2D eigenvalue weighted by Crippen LogP contribution is -2.28. The molecule has 124 valence electrons. The van der Waals surface area contributed by atoms with Gasteiger partial charge in [0.05, 0.1) is 16.5 Å². The molecule has 0 aromatic heterocycles. The fourth-order valence-corrected chi connectivity index (χ4v) is 3.99. The molecule has 2 aromatic rings. The van der Waals surface area contributed by atoms with Crippen LogP contribution in [0.5, 0.6) is 0 Å². The van der Waals surface area contributed by atoms with Gasteiger partial charge in [-0.05, 0) is 17.7 Å². The van der Waals surface area contributed by atoms with Crippen LogP contribution in [0, 0.1) is 0 Å². The molecule has 5 nitrogen and oxygen atoms in total. The molecule has 1 heterocycles. The number of sulfone groups is 1. The number of carbonyl (C=O) groups excluding carboxylic acids is 1. The van der Waals surface area contributed by atoms with Crippen molar-refractivity contribution in [1.82, 2.24) is 0 Å². The van der Waals surface area contributed by atoms with Crippen LogP contribution in [0.2, 0.25) is 5.02 Å². The molecule has 3 rings (SSSR count). The average Bonchev–Trinajstić information content (AvgIpc) is 2.56. The summed E-state index contributed by atoms with van der Waals surface area (Å²) < 4.78 is 30.3. The van der Waals surface area contributed by atoms with E-state index in [0.29, 0.717) is 16.3 Å². The van der Waals surface area contributed by atoms with E-state index in [-0.39, 0.29) is 23.0 Å². The van der Waals surface area contributed by atoms with Crippen molar-refractivity contribution >= 4 is 37.9 Å². The van der Waals surface area contributed by atoms with E-state index >= 15 is 0 Å². The van der Waals surface area contributed by atoms with Crippen molar-refractivity contribution in [2.75, 3.05) is 17.7 Å². The topological polar surface area (TPSA) is 72.5 Å². The number of hydrogen-bond donors (Lipinski definition) is 1. The van der Waals surface area contributed by atoms with Crippen molar-refractivity contribution in [2.45, 2.75) is 0 Å². The van der Waals surface area contributed by atoms with Crippen LogP contribution in [0.4, 0.5) is 5.69 Å². The quantitative estimate of drug-likeness (QED) is 0.909. The van der Waals surface area contributed by atoms with Crippen molar-refractivity contribution in [1.29, 1.82) is 0 Å². The lowest BCUT2D eigenvalue weighted by molar-refractivity contribution is -0.115. The summed E-state index contributed by atoms with van der Waals surface area (Å²) in [4.78, 5) is 12.5. The van der Waals surface area contributed by atoms with E-state index in [1.807, 2.05) is 0 Å². The molecule has 0 unspecified atom stereocenters. The lowest BCUT2D eigenvalue weighted by atomic mass is 10.2. The Bertz CT molecular complexity index is 907. The summed E-state index contributed by atoms with van der Waals surface area (Å²) in [6.45, 7) is -0.0655. The van der Waals surface area contributed by atoms with Crippen molar-refractivity contribution in [3.05, 3.63) is 70.9 Å². The fraction of sp³-hybridized carbons (Fsp3) is 0.118. The monoisotopic (exact) mass is 363 g/mol. The van der Waals surface area contributed by atoms with E-state index in [9.17, 15) is 13.2 Å². The summed E-state index contributed by atoms with van der Waals surface area (Å²) in [5.41, 5.74) is 0.803. The molecule has 1 N–H and O–H groups in total. The van der Waals surface area contributed by atoms with Crippen LogP contribution in [0.3, 0.4) is 0 Å². The minimum absolute atomic E-state index is 0.0655. The van der Waals surface area contributed by atoms with Gasteiger partial charge in [0.15, 0.2) is 9.84 Å². The van der Waals surface area contributed by atoms with Crippen LogP contribution in [-0.2, 0) is 19.4 Å². The number of carbonyl (C=O) groups is 1. The van der Waals surface area contributed by atoms with E-state index in [4.69, 9.17) is 16.3 Å². The Hall–Kier alpha value is -2.31. The Morgan fingerprint density at radius 2 is 1.71 bits per heavy atom. The number of para-hydroxylation sites is 1. The SMILES string of the molecule is O=C(Nc1ccccc1Cl)C1=C(c2ccccc2)S(=O)(=O)CCO1. The molecule has 0 radical (unpaired) electrons. The first-order chi connectivity index (χ1) is 11.5. The highest BCUT2D eigenvalue weighted by atomic mass is 35.5. The Balaban J connectivity index is 2.06. The van der Waals surface area contributed by atoms with Crippen molar-refractivity contribution in [3.8, 4) is 0 Å². The summed E-state index contributed by atoms with van der Waals surface area (Å²) in [5, 5.41) is 2.95. The van der Waals surface area contributed by atoms with E-state index in [0.717, 1.165) is 0 Å². The highest BCUT2D eigenvalue weighted by molar-refractivity contribution is 8.00. The number of amides is 1. The highest BCUT2D eigenvalue weighted by Crippen LogP contribution is 2.31. The third kappa shape index (κ3) is 3.29. The smallest absolute Gasteiger partial charge is 0.292 e. The zero-order chi connectivity index (χ0) is 17.2. The molecule has 0 spiro atoms. The zero-order valence-corrected chi connectivity index (χ0v) is 14.1. The highest BCUT2D eigenvalue weighted by Gasteiger charge is 2.33. The van der Waals surface area contributed by atoms with E-state index in [1.165, 1.54) is 0 Å². The van der Waals surface area contributed by atoms with Gasteiger partial charge >= 0.3 is 0 Å². The number of halogens is 1. The molecular weight excluding hydrogens is 350 g/mol. The molecule has 1 aliphatic heterocycles. The van der Waals surface area contributed by atoms with Crippen LogP contribution < -0.4 is 5.32 Å². The summed E-state index contributed by atoms with van der Waals surface area (Å²) in [5.74, 6) is -1.03. The van der Waals surface area contributed by atoms with Gasteiger partial charge in [-0.15, -0.1) is 0 Å². The zero-order valence-electron chi connectivity index (χ0n) is 12.5. The molecule has 1 aliphatic rings. The van der Waals surface area contributed by atoms with Crippen molar-refractivity contribution < 1.29 is 17.9 Å². The molecule has 24 heavy (non-hydrogen) atoms. The summed E-state index contributed by atoms with van der Waals surface area (Å²) >= 11 is 6.03. The van der Waals surface area contributed by atoms with Gasteiger partial charge in [-0.2, -0.15) is 0 Å². The van der Waals surface area contributed by atoms with Crippen LogP contribution in [0.25, 0.3) is 4.91 Å². The molecule has 0 bridgehead atoms. The molecule has 0 saturated heterocycles. The molecular formula is C17H14ClNO4S. The minimum Gasteiger partial charge on any atom is -0.486 e. The fourth-order valence-electron chi connectivity index (χ4n) is 2.37. The predicted octanol–water partition coefficient (Wildman–Crippen LogP) is 3.09. The number of anilines is 1. The Labute approximate surface area is 144 Å². The summed E-state index contributed by atoms with van der Waals surface area (Å²) in [6.07, 6.45) is 0. The van der Waals surface area contributed by atoms with Gasteiger partial charge in [-0.1, -0.05) is 54.1 Å². The van der Waals surface area contributed by atoms with Crippen LogP contribution in [0.15, 0.2) is 60.4 Å². The summed E-state index contributed by atoms with van der Waals surface area (Å²) in [6, 6.07) is 15.1. The first-order valence-electron chi connectivity index (χ1n) is 7.20. The maximum atomic E-state index is 12.6. The second kappa shape index (κ2) is 6.67. The van der Waals surface area contributed by atoms with Crippen LogP contribution in [0.1, 0.15) is 5.56 Å². The Morgan fingerprint density at radius 1 is 1.04 bits per heavy atom. The number of rotatable bonds is 3. The number of ether oxygens (including phenoxy) is 1. The standard InChI is InChI=1S/C17H14ClNO4S/c18-13-8-4-5-9-14(13)19-17(20)15-16(12-6-2-1-3-7-12)24(21,22)11-10-23-15/h1-9H,10-11H2,(H,19,20). The first-order valence-corrected chi connectivity index (χ1v) is 9.23. The van der Waals surface area contributed by atoms with E-state index in [1.54, 1.807) is 54.6 Å². The third-order valence-corrected chi connectivity index (χ3v) is 5.56. The maximum absolute atomic E-state index is 12.6. The number of benzene rings is 2. The van der Waals surface area contributed by atoms with Crippen LogP contribution >= 0.6 is 11.6 Å². The second-order valence-electron chi connectivity index (χ2n) is 5.13. The van der Waals surface area contributed by atoms with Gasteiger partial charge in [0.1, 0.15) is 11.5 Å². The molecule has 0 saturated carbocycles. The number of hydrogen-bond acceptors (Lipinski definition) is 4. The third-order valence-electron chi connectivity index (χ3n) is 3.48. The van der Waals surface area contributed by atoms with Crippen molar-refractivity contribution in [3.63, 3.8) is 0 Å². The Kier molecular flexibility index (Phi) is 4.59. The largest absolute Gasteiger partial charge is 0.486 e. The maximum Gasteiger partial charge on any atom is 0.292 e. The van der Waals surface area contributed by atoms with Gasteiger partial charge in [-0.3, -0.25) is 4.79 Å². The van der Waals surface area contributed by atoms with Gasteiger partial charge in [0.2, 0.25) is 5.76 Å². The summed E-state index contributed by atoms with van der Waals surface area (Å²) in [7, 11) is -3.61. The van der Waals surface area contributed by atoms with E-state index < -0.39 is 15.7 Å². The van der Waals surface area contributed by atoms with E-state index in [2.05, 4.69) is 5.32 Å². The first kappa shape index (κ1) is 16.5. The minimum atomic E-state index is -3.61. The molecule has 1 amide bonds. The second-order valence-corrected chi connectivity index (χ2v) is 7.58. The van der Waals surface area contributed by atoms with Gasteiger partial charge in [0, 0.05) is 0 Å².